The summed E-state index contributed by atoms with van der Waals surface area (Å²) in [5.41, 5.74) is 4.71. The fourth-order valence-electron chi connectivity index (χ4n) is 2.30. The third-order valence-electron chi connectivity index (χ3n) is 3.71. The monoisotopic (exact) mass is 416 g/mol. The molecule has 0 bridgehead atoms. The third kappa shape index (κ3) is 5.70. The fraction of sp³-hybridized carbons (Fsp3) is 0.211. The van der Waals surface area contributed by atoms with E-state index in [0.29, 0.717) is 5.69 Å². The van der Waals surface area contributed by atoms with Crippen LogP contribution in [0.3, 0.4) is 0 Å². The first-order chi connectivity index (χ1) is 12.5. The topological polar surface area (TPSA) is 73.8 Å². The Morgan fingerprint density at radius 3 is 2.19 bits per heavy atom. The molecule has 0 aliphatic carbocycles. The molecule has 0 heterocycles. The van der Waals surface area contributed by atoms with Gasteiger partial charge in [0.25, 0.3) is 0 Å². The molecule has 0 spiro atoms. The molecule has 0 radical (unpaired) electrons. The summed E-state index contributed by atoms with van der Waals surface area (Å²) in [4.78, 5) is 25.8. The highest BCUT2D eigenvalue weighted by Gasteiger charge is 2.12. The van der Waals surface area contributed by atoms with E-state index < -0.39 is 11.8 Å². The number of benzene rings is 2. The van der Waals surface area contributed by atoms with Gasteiger partial charge < -0.3 is 10.2 Å². The summed E-state index contributed by atoms with van der Waals surface area (Å²) in [6.45, 7) is 6.09. The van der Waals surface area contributed by atoms with E-state index >= 15 is 0 Å². The average Bonchev–Trinajstić information content (AvgIpc) is 2.65. The first kappa shape index (κ1) is 19.7. The van der Waals surface area contributed by atoms with Crippen molar-refractivity contribution in [1.29, 1.82) is 0 Å². The number of carbonyl (C=O) groups excluding carboxylic acids is 2. The zero-order valence-electron chi connectivity index (χ0n) is 14.7. The van der Waals surface area contributed by atoms with E-state index in [9.17, 15) is 9.59 Å². The second kappa shape index (κ2) is 9.72. The molecule has 0 saturated carbocycles. The van der Waals surface area contributed by atoms with Crippen molar-refractivity contribution in [2.45, 2.75) is 13.8 Å². The maximum absolute atomic E-state index is 11.8. The summed E-state index contributed by atoms with van der Waals surface area (Å²) >= 11 is 3.30. The molecule has 0 saturated heterocycles. The van der Waals surface area contributed by atoms with Gasteiger partial charge in [-0.05, 0) is 55.8 Å². The zero-order chi connectivity index (χ0) is 18.9. The first-order valence-electron chi connectivity index (χ1n) is 8.28. The van der Waals surface area contributed by atoms with Gasteiger partial charge in [-0.1, -0.05) is 28.1 Å². The van der Waals surface area contributed by atoms with Gasteiger partial charge in [-0.25, -0.2) is 5.43 Å². The normalized spacial score (nSPS) is 10.6. The van der Waals surface area contributed by atoms with E-state index in [1.54, 1.807) is 24.3 Å². The molecule has 136 valence electrons. The Morgan fingerprint density at radius 1 is 1.00 bits per heavy atom. The summed E-state index contributed by atoms with van der Waals surface area (Å²) in [6.07, 6.45) is 1.50. The number of nitrogens with one attached hydrogen (secondary N) is 2. The van der Waals surface area contributed by atoms with Gasteiger partial charge in [-0.3, -0.25) is 9.59 Å². The van der Waals surface area contributed by atoms with E-state index in [2.05, 4.69) is 50.5 Å². The van der Waals surface area contributed by atoms with Crippen LogP contribution in [0.4, 0.5) is 11.4 Å². The first-order valence-corrected chi connectivity index (χ1v) is 9.07. The number of amides is 2. The molecule has 2 amide bonds. The predicted molar refractivity (Wildman–Crippen MR) is 109 cm³/mol. The summed E-state index contributed by atoms with van der Waals surface area (Å²) in [7, 11) is 0. The highest BCUT2D eigenvalue weighted by atomic mass is 79.9. The number of rotatable bonds is 6. The van der Waals surface area contributed by atoms with Crippen molar-refractivity contribution in [2.24, 2.45) is 5.10 Å². The maximum Gasteiger partial charge on any atom is 0.329 e. The van der Waals surface area contributed by atoms with Gasteiger partial charge in [0.15, 0.2) is 0 Å². The number of carbonyl (C=O) groups is 2. The molecular weight excluding hydrogens is 396 g/mol. The molecule has 2 rings (SSSR count). The minimum atomic E-state index is -0.830. The standard InChI is InChI=1S/C19H21BrN4O2/c1-3-24(4-2)17-11-5-14(6-12-17)13-21-23-19(26)18(25)22-16-9-7-15(20)8-10-16/h5-13H,3-4H2,1-2H3,(H,22,25)(H,23,26)/b21-13+. The molecule has 0 unspecified atom stereocenters. The maximum atomic E-state index is 11.8. The second-order valence-electron chi connectivity index (χ2n) is 5.42. The van der Waals surface area contributed by atoms with Crippen LogP contribution in [0, 0.1) is 0 Å². The quantitative estimate of drug-likeness (QED) is 0.430. The number of anilines is 2. The number of nitrogens with zero attached hydrogens (tertiary/aromatic N) is 2. The summed E-state index contributed by atoms with van der Waals surface area (Å²) in [5.74, 6) is -1.61. The Kier molecular flexibility index (Phi) is 7.35. The van der Waals surface area contributed by atoms with Gasteiger partial charge >= 0.3 is 11.8 Å². The SMILES string of the molecule is CCN(CC)c1ccc(/C=N/NC(=O)C(=O)Nc2ccc(Br)cc2)cc1. The Morgan fingerprint density at radius 2 is 1.62 bits per heavy atom. The van der Waals surface area contributed by atoms with Crippen molar-refractivity contribution in [3.8, 4) is 0 Å². The number of hydrogen-bond acceptors (Lipinski definition) is 4. The second-order valence-corrected chi connectivity index (χ2v) is 6.34. The summed E-state index contributed by atoms with van der Waals surface area (Å²) < 4.78 is 0.886. The largest absolute Gasteiger partial charge is 0.372 e. The average molecular weight is 417 g/mol. The van der Waals surface area contributed by atoms with Crippen LogP contribution in [0.2, 0.25) is 0 Å². The zero-order valence-corrected chi connectivity index (χ0v) is 16.3. The number of hydrazone groups is 1. The van der Waals surface area contributed by atoms with Crippen LogP contribution < -0.4 is 15.6 Å². The van der Waals surface area contributed by atoms with Crippen LogP contribution in [0.5, 0.6) is 0 Å². The van der Waals surface area contributed by atoms with Gasteiger partial charge in [0.05, 0.1) is 6.21 Å². The van der Waals surface area contributed by atoms with Crippen LogP contribution in [0.15, 0.2) is 58.1 Å². The van der Waals surface area contributed by atoms with E-state index in [1.807, 2.05) is 24.3 Å². The van der Waals surface area contributed by atoms with Crippen molar-refractivity contribution in [3.63, 3.8) is 0 Å². The van der Waals surface area contributed by atoms with Crippen LogP contribution in [0.25, 0.3) is 0 Å². The highest BCUT2D eigenvalue weighted by Crippen LogP contribution is 2.14. The van der Waals surface area contributed by atoms with E-state index in [1.165, 1.54) is 6.21 Å². The lowest BCUT2D eigenvalue weighted by Crippen LogP contribution is -2.32. The number of hydrogen-bond donors (Lipinski definition) is 2. The molecule has 0 aliphatic heterocycles. The van der Waals surface area contributed by atoms with Gasteiger partial charge in [0.1, 0.15) is 0 Å². The third-order valence-corrected chi connectivity index (χ3v) is 4.24. The minimum absolute atomic E-state index is 0.532. The van der Waals surface area contributed by atoms with Gasteiger partial charge in [-0.15, -0.1) is 0 Å². The highest BCUT2D eigenvalue weighted by molar-refractivity contribution is 9.10. The molecule has 6 nitrogen and oxygen atoms in total. The molecule has 0 fully saturated rings. The summed E-state index contributed by atoms with van der Waals surface area (Å²) in [6, 6.07) is 14.7. The Labute approximate surface area is 161 Å². The smallest absolute Gasteiger partial charge is 0.329 e. The minimum Gasteiger partial charge on any atom is -0.372 e. The fourth-order valence-corrected chi connectivity index (χ4v) is 2.56. The number of halogens is 1. The van der Waals surface area contributed by atoms with Crippen molar-refractivity contribution in [3.05, 3.63) is 58.6 Å². The lowest BCUT2D eigenvalue weighted by Gasteiger charge is -2.20. The van der Waals surface area contributed by atoms with Crippen molar-refractivity contribution < 1.29 is 9.59 Å². The van der Waals surface area contributed by atoms with E-state index in [4.69, 9.17) is 0 Å². The van der Waals surface area contributed by atoms with Gasteiger partial charge in [0.2, 0.25) is 0 Å². The van der Waals surface area contributed by atoms with Gasteiger partial charge in [-0.2, -0.15) is 5.10 Å². The molecule has 0 atom stereocenters. The Bertz CT molecular complexity index is 769. The van der Waals surface area contributed by atoms with Crippen LogP contribution in [0.1, 0.15) is 19.4 Å². The molecule has 0 aliphatic rings. The van der Waals surface area contributed by atoms with Crippen molar-refractivity contribution in [1.82, 2.24) is 5.43 Å². The van der Waals surface area contributed by atoms with Crippen molar-refractivity contribution >= 4 is 45.3 Å². The van der Waals surface area contributed by atoms with Crippen molar-refractivity contribution in [2.75, 3.05) is 23.3 Å². The van der Waals surface area contributed by atoms with E-state index in [-0.39, 0.29) is 0 Å². The van der Waals surface area contributed by atoms with E-state index in [0.717, 1.165) is 28.8 Å². The molecular formula is C19H21BrN4O2. The van der Waals surface area contributed by atoms with Crippen LogP contribution >= 0.6 is 15.9 Å². The molecule has 7 heteroatoms. The molecule has 2 aromatic rings. The van der Waals surface area contributed by atoms with Gasteiger partial charge in [0, 0.05) is 28.9 Å². The predicted octanol–water partition coefficient (Wildman–Crippen LogP) is 3.38. The lowest BCUT2D eigenvalue weighted by atomic mass is 10.2. The summed E-state index contributed by atoms with van der Waals surface area (Å²) in [5, 5.41) is 6.33. The molecule has 0 aromatic heterocycles. The lowest BCUT2D eigenvalue weighted by molar-refractivity contribution is -0.136. The molecule has 2 aromatic carbocycles. The Hall–Kier alpha value is -2.67. The molecule has 26 heavy (non-hydrogen) atoms. The molecule has 2 N–H and O–H groups in total. The van der Waals surface area contributed by atoms with Crippen LogP contribution in [-0.4, -0.2) is 31.1 Å². The van der Waals surface area contributed by atoms with Crippen LogP contribution in [-0.2, 0) is 9.59 Å². The Balaban J connectivity index is 1.87.